The smallest absolute Gasteiger partial charge is 0.387 e. The van der Waals surface area contributed by atoms with Gasteiger partial charge in [0.25, 0.3) is 0 Å². The van der Waals surface area contributed by atoms with Crippen molar-refractivity contribution in [2.24, 2.45) is 0 Å². The number of rotatable bonds is 2. The molecule has 0 amide bonds. The van der Waals surface area contributed by atoms with Crippen LogP contribution in [0.4, 0.5) is 13.2 Å². The fourth-order valence-corrected chi connectivity index (χ4v) is 3.80. The molecule has 0 saturated heterocycles. The second-order valence-electron chi connectivity index (χ2n) is 5.03. The van der Waals surface area contributed by atoms with Crippen molar-refractivity contribution >= 4 is 11.8 Å². The van der Waals surface area contributed by atoms with Crippen LogP contribution in [0, 0.1) is 0 Å². The molecule has 0 saturated carbocycles. The van der Waals surface area contributed by atoms with Crippen molar-refractivity contribution < 1.29 is 18.3 Å². The molecule has 1 nitrogen and oxygen atoms in total. The predicted molar refractivity (Wildman–Crippen MR) is 76.2 cm³/mol. The molecule has 0 aliphatic carbocycles. The van der Waals surface area contributed by atoms with Crippen LogP contribution in [0.5, 0.6) is 0 Å². The Morgan fingerprint density at radius 2 is 1.71 bits per heavy atom. The van der Waals surface area contributed by atoms with Crippen LogP contribution in [0.3, 0.4) is 0 Å². The van der Waals surface area contributed by atoms with E-state index in [-0.39, 0.29) is 5.25 Å². The van der Waals surface area contributed by atoms with Crippen molar-refractivity contribution in [3.05, 3.63) is 65.2 Å². The molecule has 5 heteroatoms. The van der Waals surface area contributed by atoms with E-state index >= 15 is 0 Å². The zero-order chi connectivity index (χ0) is 15.0. The van der Waals surface area contributed by atoms with Crippen molar-refractivity contribution in [2.45, 2.75) is 28.8 Å². The summed E-state index contributed by atoms with van der Waals surface area (Å²) in [5.41, 5.74) is 1.01. The Labute approximate surface area is 124 Å². The lowest BCUT2D eigenvalue weighted by atomic mass is 10.00. The fourth-order valence-electron chi connectivity index (χ4n) is 2.47. The number of fused-ring (bicyclic) bond motifs is 1. The van der Waals surface area contributed by atoms with E-state index in [1.165, 1.54) is 17.7 Å². The molecule has 0 bridgehead atoms. The lowest BCUT2D eigenvalue weighted by Gasteiger charge is -2.18. The Hall–Kier alpha value is -1.46. The number of aliphatic hydroxyl groups excluding tert-OH is 1. The molecule has 0 fully saturated rings. The number of hydrogen-bond acceptors (Lipinski definition) is 2. The van der Waals surface area contributed by atoms with E-state index in [1.54, 1.807) is 11.8 Å². The van der Waals surface area contributed by atoms with Crippen molar-refractivity contribution in [3.63, 3.8) is 0 Å². The van der Waals surface area contributed by atoms with Gasteiger partial charge in [-0.15, -0.1) is 11.8 Å². The molecule has 21 heavy (non-hydrogen) atoms. The Bertz CT molecular complexity index is 612. The Kier molecular flexibility index (Phi) is 3.71. The van der Waals surface area contributed by atoms with E-state index < -0.39 is 17.8 Å². The maximum absolute atomic E-state index is 12.5. The molecule has 1 aliphatic heterocycles. The second kappa shape index (κ2) is 5.39. The van der Waals surface area contributed by atoms with Crippen LogP contribution in [0.25, 0.3) is 0 Å². The third-order valence-electron chi connectivity index (χ3n) is 3.60. The highest BCUT2D eigenvalue weighted by molar-refractivity contribution is 8.00. The van der Waals surface area contributed by atoms with E-state index in [2.05, 4.69) is 0 Å². The summed E-state index contributed by atoms with van der Waals surface area (Å²) < 4.78 is 37.6. The van der Waals surface area contributed by atoms with Crippen LogP contribution in [0.1, 0.15) is 22.8 Å². The minimum Gasteiger partial charge on any atom is -0.387 e. The molecule has 110 valence electrons. The summed E-state index contributed by atoms with van der Waals surface area (Å²) in [6, 6.07) is 12.7. The number of thioether (sulfide) groups is 1. The highest BCUT2D eigenvalue weighted by atomic mass is 32.2. The highest BCUT2D eigenvalue weighted by Crippen LogP contribution is 2.42. The van der Waals surface area contributed by atoms with Crippen molar-refractivity contribution in [2.75, 3.05) is 0 Å². The number of alkyl halides is 3. The summed E-state index contributed by atoms with van der Waals surface area (Å²) in [7, 11) is 0. The van der Waals surface area contributed by atoms with Gasteiger partial charge in [-0.1, -0.05) is 30.3 Å². The Morgan fingerprint density at radius 1 is 1.05 bits per heavy atom. The number of hydrogen-bond donors (Lipinski definition) is 1. The van der Waals surface area contributed by atoms with Crippen molar-refractivity contribution in [3.8, 4) is 0 Å². The molecule has 2 atom stereocenters. The second-order valence-corrected chi connectivity index (χ2v) is 6.31. The standard InChI is InChI=1S/C16H13F3OS/c17-16(18,19)12-7-5-10(6-8-12)15(20)14-9-11-3-1-2-4-13(11)21-14/h1-8,14-15,20H,9H2. The maximum Gasteiger partial charge on any atom is 0.416 e. The van der Waals surface area contributed by atoms with Crippen molar-refractivity contribution in [1.82, 2.24) is 0 Å². The van der Waals surface area contributed by atoms with Gasteiger partial charge in [0, 0.05) is 10.1 Å². The van der Waals surface area contributed by atoms with E-state index in [4.69, 9.17) is 0 Å². The first-order chi connectivity index (χ1) is 9.95. The normalized spacial score (nSPS) is 19.3. The monoisotopic (exact) mass is 310 g/mol. The first-order valence-electron chi connectivity index (χ1n) is 6.55. The minimum atomic E-state index is -4.35. The van der Waals surface area contributed by atoms with Gasteiger partial charge in [-0.05, 0) is 35.7 Å². The third-order valence-corrected chi connectivity index (χ3v) is 4.98. The first kappa shape index (κ1) is 14.5. The van der Waals surface area contributed by atoms with Gasteiger partial charge in [-0.25, -0.2) is 0 Å². The summed E-state index contributed by atoms with van der Waals surface area (Å²) in [6.45, 7) is 0. The average molecular weight is 310 g/mol. The van der Waals surface area contributed by atoms with E-state index in [0.717, 1.165) is 23.4 Å². The first-order valence-corrected chi connectivity index (χ1v) is 7.43. The molecule has 1 N–H and O–H groups in total. The summed E-state index contributed by atoms with van der Waals surface area (Å²) in [5.74, 6) is 0. The lowest BCUT2D eigenvalue weighted by molar-refractivity contribution is -0.137. The fraction of sp³-hybridized carbons (Fsp3) is 0.250. The molecule has 0 aromatic heterocycles. The topological polar surface area (TPSA) is 20.2 Å². The summed E-state index contributed by atoms with van der Waals surface area (Å²) in [5, 5.41) is 10.3. The maximum atomic E-state index is 12.5. The molecule has 0 spiro atoms. The van der Waals surface area contributed by atoms with Crippen LogP contribution >= 0.6 is 11.8 Å². The third kappa shape index (κ3) is 2.94. The van der Waals surface area contributed by atoms with E-state index in [1.807, 2.05) is 24.3 Å². The van der Waals surface area contributed by atoms with Gasteiger partial charge < -0.3 is 5.11 Å². The van der Waals surface area contributed by atoms with Gasteiger partial charge in [0.05, 0.1) is 11.7 Å². The highest BCUT2D eigenvalue weighted by Gasteiger charge is 2.32. The van der Waals surface area contributed by atoms with Gasteiger partial charge in [-0.3, -0.25) is 0 Å². The van der Waals surface area contributed by atoms with Gasteiger partial charge in [-0.2, -0.15) is 13.2 Å². The van der Waals surface area contributed by atoms with Crippen LogP contribution in [0.2, 0.25) is 0 Å². The zero-order valence-corrected chi connectivity index (χ0v) is 11.8. The van der Waals surface area contributed by atoms with Crippen molar-refractivity contribution in [1.29, 1.82) is 0 Å². The van der Waals surface area contributed by atoms with Gasteiger partial charge in [0.1, 0.15) is 0 Å². The van der Waals surface area contributed by atoms with Crippen LogP contribution < -0.4 is 0 Å². The summed E-state index contributed by atoms with van der Waals surface area (Å²) in [4.78, 5) is 1.13. The Morgan fingerprint density at radius 3 is 2.33 bits per heavy atom. The summed E-state index contributed by atoms with van der Waals surface area (Å²) >= 11 is 1.58. The lowest BCUT2D eigenvalue weighted by Crippen LogP contribution is -2.14. The molecule has 2 aromatic rings. The van der Waals surface area contributed by atoms with Crippen LogP contribution in [-0.4, -0.2) is 10.4 Å². The molecular formula is C16H13F3OS. The zero-order valence-electron chi connectivity index (χ0n) is 11.0. The van der Waals surface area contributed by atoms with Gasteiger partial charge in [0.2, 0.25) is 0 Å². The predicted octanol–water partition coefficient (Wildman–Crippen LogP) is 4.46. The number of halogens is 3. The Balaban J connectivity index is 1.76. The molecule has 3 rings (SSSR count). The molecular weight excluding hydrogens is 297 g/mol. The van der Waals surface area contributed by atoms with Crippen LogP contribution in [0.15, 0.2) is 53.4 Å². The van der Waals surface area contributed by atoms with Gasteiger partial charge in [0.15, 0.2) is 0 Å². The molecule has 1 heterocycles. The van der Waals surface area contributed by atoms with E-state index in [9.17, 15) is 18.3 Å². The number of aliphatic hydroxyl groups is 1. The molecule has 2 aromatic carbocycles. The number of benzene rings is 2. The molecule has 2 unspecified atom stereocenters. The summed E-state index contributed by atoms with van der Waals surface area (Å²) in [6.07, 6.45) is -4.39. The van der Waals surface area contributed by atoms with E-state index in [0.29, 0.717) is 5.56 Å². The molecule has 0 radical (unpaired) electrons. The molecule has 1 aliphatic rings. The minimum absolute atomic E-state index is 0.0564. The van der Waals surface area contributed by atoms with Gasteiger partial charge >= 0.3 is 6.18 Å². The average Bonchev–Trinajstić information content (AvgIpc) is 2.89. The van der Waals surface area contributed by atoms with Crippen LogP contribution in [-0.2, 0) is 12.6 Å². The quantitative estimate of drug-likeness (QED) is 0.884. The largest absolute Gasteiger partial charge is 0.416 e. The SMILES string of the molecule is OC(c1ccc(C(F)(F)F)cc1)C1Cc2ccccc2S1.